The molecule has 2 aromatic carbocycles. The monoisotopic (exact) mass is 478 g/mol. The minimum Gasteiger partial charge on any atom is -0.480 e. The van der Waals surface area contributed by atoms with Crippen molar-refractivity contribution >= 4 is 18.0 Å². The summed E-state index contributed by atoms with van der Waals surface area (Å²) >= 11 is 0. The fourth-order valence-electron chi connectivity index (χ4n) is 5.59. The Morgan fingerprint density at radius 3 is 2.20 bits per heavy atom. The highest BCUT2D eigenvalue weighted by molar-refractivity contribution is 5.81. The second-order valence-corrected chi connectivity index (χ2v) is 9.52. The maximum atomic E-state index is 12.8. The van der Waals surface area contributed by atoms with E-state index in [1.54, 1.807) is 6.92 Å². The Kier molecular flexibility index (Phi) is 8.06. The molecule has 0 heterocycles. The van der Waals surface area contributed by atoms with E-state index in [0.717, 1.165) is 36.8 Å². The number of benzene rings is 2. The Balaban J connectivity index is 1.35. The predicted molar refractivity (Wildman–Crippen MR) is 133 cm³/mol. The number of carbonyl (C=O) groups excluding carboxylic acids is 2. The van der Waals surface area contributed by atoms with Gasteiger partial charge in [-0.25, -0.2) is 4.79 Å². The molecule has 7 heteroatoms. The van der Waals surface area contributed by atoms with Gasteiger partial charge in [0.15, 0.2) is 0 Å². The summed E-state index contributed by atoms with van der Waals surface area (Å²) in [6.45, 7) is 2.42. The van der Waals surface area contributed by atoms with Crippen molar-refractivity contribution in [3.8, 4) is 11.1 Å². The maximum Gasteiger partial charge on any atom is 0.407 e. The van der Waals surface area contributed by atoms with Crippen LogP contribution in [0.5, 0.6) is 0 Å². The van der Waals surface area contributed by atoms with E-state index in [1.807, 2.05) is 24.3 Å². The smallest absolute Gasteiger partial charge is 0.407 e. The first kappa shape index (κ1) is 24.8. The molecule has 2 aliphatic carbocycles. The number of hydrogen-bond donors (Lipinski definition) is 2. The summed E-state index contributed by atoms with van der Waals surface area (Å²) in [5.74, 6) is -0.894. The molecule has 186 valence electrons. The van der Waals surface area contributed by atoms with Crippen molar-refractivity contribution in [3.63, 3.8) is 0 Å². The summed E-state index contributed by atoms with van der Waals surface area (Å²) in [6.07, 6.45) is 4.03. The van der Waals surface area contributed by atoms with Crippen LogP contribution in [0.15, 0.2) is 48.5 Å². The third-order valence-corrected chi connectivity index (χ3v) is 7.42. The summed E-state index contributed by atoms with van der Waals surface area (Å²) in [5, 5.41) is 12.0. The number of fused-ring (bicyclic) bond motifs is 3. The van der Waals surface area contributed by atoms with Gasteiger partial charge in [-0.2, -0.15) is 0 Å². The topological polar surface area (TPSA) is 95.9 Å². The van der Waals surface area contributed by atoms with Crippen molar-refractivity contribution in [2.45, 2.75) is 44.9 Å². The first-order valence-electron chi connectivity index (χ1n) is 12.6. The lowest BCUT2D eigenvalue weighted by atomic mass is 9.87. The molecule has 1 atom stereocenters. The summed E-state index contributed by atoms with van der Waals surface area (Å²) < 4.78 is 5.66. The van der Waals surface area contributed by atoms with Gasteiger partial charge in [0, 0.05) is 25.4 Å². The summed E-state index contributed by atoms with van der Waals surface area (Å²) in [4.78, 5) is 37.9. The first-order valence-corrected chi connectivity index (χ1v) is 12.6. The van der Waals surface area contributed by atoms with Crippen molar-refractivity contribution in [1.29, 1.82) is 0 Å². The molecular formula is C28H34N2O5. The van der Waals surface area contributed by atoms with E-state index < -0.39 is 12.1 Å². The largest absolute Gasteiger partial charge is 0.480 e. The molecule has 0 aromatic heterocycles. The number of aliphatic carboxylic acids is 1. The number of nitrogens with zero attached hydrogens (tertiary/aromatic N) is 1. The molecule has 0 radical (unpaired) electrons. The van der Waals surface area contributed by atoms with E-state index in [1.165, 1.54) is 16.0 Å². The zero-order valence-corrected chi connectivity index (χ0v) is 20.2. The van der Waals surface area contributed by atoms with Crippen LogP contribution in [0, 0.1) is 11.8 Å². The molecule has 0 saturated heterocycles. The van der Waals surface area contributed by atoms with Gasteiger partial charge in [0.25, 0.3) is 0 Å². The summed E-state index contributed by atoms with van der Waals surface area (Å²) in [5.41, 5.74) is 4.68. The van der Waals surface area contributed by atoms with Crippen LogP contribution in [0.3, 0.4) is 0 Å². The summed E-state index contributed by atoms with van der Waals surface area (Å²) in [7, 11) is 0. The van der Waals surface area contributed by atoms with Gasteiger partial charge in [-0.1, -0.05) is 74.2 Å². The molecule has 1 fully saturated rings. The fourth-order valence-corrected chi connectivity index (χ4v) is 5.59. The van der Waals surface area contributed by atoms with Crippen LogP contribution in [-0.4, -0.2) is 54.2 Å². The Morgan fingerprint density at radius 1 is 1.03 bits per heavy atom. The number of carboxylic acid groups (broad SMARTS) is 1. The van der Waals surface area contributed by atoms with E-state index in [0.29, 0.717) is 19.0 Å². The van der Waals surface area contributed by atoms with E-state index >= 15 is 0 Å². The van der Waals surface area contributed by atoms with Gasteiger partial charge in [0.1, 0.15) is 13.2 Å². The van der Waals surface area contributed by atoms with E-state index in [2.05, 4.69) is 29.6 Å². The molecule has 4 rings (SSSR count). The standard InChI is InChI=1S/C28H34N2O5/c1-2-30(17-27(32)33)26(31)15-20(19-9-3-4-10-19)16-29-28(34)35-18-25-23-13-7-5-11-21(23)22-12-6-8-14-24(22)25/h5-8,11-14,19-20,25H,2-4,9-10,15-18H2,1H3,(H,29,34)(H,32,33). The third-order valence-electron chi connectivity index (χ3n) is 7.42. The normalized spacial score (nSPS) is 15.8. The Bertz CT molecular complexity index is 1020. The van der Waals surface area contributed by atoms with Crippen LogP contribution >= 0.6 is 0 Å². The van der Waals surface area contributed by atoms with Gasteiger partial charge in [-0.05, 0) is 41.0 Å². The average Bonchev–Trinajstić information content (AvgIpc) is 3.50. The quantitative estimate of drug-likeness (QED) is 0.518. The number of rotatable bonds is 10. The molecule has 2 N–H and O–H groups in total. The fraction of sp³-hybridized carbons (Fsp3) is 0.464. The average molecular weight is 479 g/mol. The third kappa shape index (κ3) is 5.84. The molecule has 2 amide bonds. The van der Waals surface area contributed by atoms with E-state index in [4.69, 9.17) is 9.84 Å². The second kappa shape index (κ2) is 11.4. The highest BCUT2D eigenvalue weighted by Gasteiger charge is 2.31. The van der Waals surface area contributed by atoms with Crippen LogP contribution < -0.4 is 5.32 Å². The highest BCUT2D eigenvalue weighted by atomic mass is 16.5. The summed E-state index contributed by atoms with van der Waals surface area (Å²) in [6, 6.07) is 16.4. The number of ether oxygens (including phenoxy) is 1. The SMILES string of the molecule is CCN(CC(=O)O)C(=O)CC(CNC(=O)OCC1c2ccccc2-c2ccccc21)C1CCCC1. The molecule has 7 nitrogen and oxygen atoms in total. The maximum absolute atomic E-state index is 12.8. The molecule has 0 bridgehead atoms. The zero-order chi connectivity index (χ0) is 24.8. The minimum atomic E-state index is -1.02. The van der Waals surface area contributed by atoms with Gasteiger partial charge in [0.05, 0.1) is 0 Å². The lowest BCUT2D eigenvalue weighted by Crippen LogP contribution is -2.40. The Labute approximate surface area is 206 Å². The highest BCUT2D eigenvalue weighted by Crippen LogP contribution is 2.44. The number of alkyl carbamates (subject to hydrolysis) is 1. The van der Waals surface area contributed by atoms with Crippen molar-refractivity contribution in [3.05, 3.63) is 59.7 Å². The molecule has 0 aliphatic heterocycles. The van der Waals surface area contributed by atoms with Crippen molar-refractivity contribution in [2.24, 2.45) is 11.8 Å². The van der Waals surface area contributed by atoms with Gasteiger partial charge in [0.2, 0.25) is 5.91 Å². The van der Waals surface area contributed by atoms with Gasteiger partial charge in [-0.3, -0.25) is 9.59 Å². The van der Waals surface area contributed by atoms with Crippen molar-refractivity contribution in [1.82, 2.24) is 10.2 Å². The molecule has 2 aliphatic rings. The minimum absolute atomic E-state index is 0.00510. The van der Waals surface area contributed by atoms with Crippen LogP contribution in [0.25, 0.3) is 11.1 Å². The predicted octanol–water partition coefficient (Wildman–Crippen LogP) is 4.65. The van der Waals surface area contributed by atoms with E-state index in [9.17, 15) is 14.4 Å². The zero-order valence-electron chi connectivity index (χ0n) is 20.2. The Hall–Kier alpha value is -3.35. The van der Waals surface area contributed by atoms with Gasteiger partial charge < -0.3 is 20.1 Å². The van der Waals surface area contributed by atoms with Crippen molar-refractivity contribution in [2.75, 3.05) is 26.2 Å². The van der Waals surface area contributed by atoms with Crippen LogP contribution in [-0.2, 0) is 14.3 Å². The lowest BCUT2D eigenvalue weighted by Gasteiger charge is -2.26. The molecule has 2 aromatic rings. The second-order valence-electron chi connectivity index (χ2n) is 9.52. The molecule has 1 saturated carbocycles. The van der Waals surface area contributed by atoms with Gasteiger partial charge >= 0.3 is 12.1 Å². The number of carbonyl (C=O) groups is 3. The number of likely N-dealkylation sites (N-methyl/N-ethyl adjacent to an activating group) is 1. The number of amides is 2. The molecular weight excluding hydrogens is 444 g/mol. The van der Waals surface area contributed by atoms with Crippen molar-refractivity contribution < 1.29 is 24.2 Å². The number of carboxylic acids is 1. The number of hydrogen-bond acceptors (Lipinski definition) is 4. The first-order chi connectivity index (χ1) is 17.0. The van der Waals surface area contributed by atoms with E-state index in [-0.39, 0.29) is 37.3 Å². The Morgan fingerprint density at radius 2 is 1.63 bits per heavy atom. The van der Waals surface area contributed by atoms with Gasteiger partial charge in [-0.15, -0.1) is 0 Å². The molecule has 1 unspecified atom stereocenters. The van der Waals surface area contributed by atoms with Crippen LogP contribution in [0.4, 0.5) is 4.79 Å². The lowest BCUT2D eigenvalue weighted by molar-refractivity contribution is -0.144. The number of nitrogens with one attached hydrogen (secondary N) is 1. The molecule has 0 spiro atoms. The van der Waals surface area contributed by atoms with Crippen LogP contribution in [0.1, 0.15) is 56.1 Å². The molecule has 35 heavy (non-hydrogen) atoms. The van der Waals surface area contributed by atoms with Crippen LogP contribution in [0.2, 0.25) is 0 Å².